The van der Waals surface area contributed by atoms with Gasteiger partial charge in [0.25, 0.3) is 11.1 Å². The van der Waals surface area contributed by atoms with Crippen molar-refractivity contribution in [1.82, 2.24) is 15.5 Å². The van der Waals surface area contributed by atoms with Crippen molar-refractivity contribution in [3.63, 3.8) is 0 Å². The molecule has 0 saturated heterocycles. The number of hydrogen-bond donors (Lipinski definition) is 1. The lowest BCUT2D eigenvalue weighted by atomic mass is 10.1. The molecule has 2 heterocycles. The second-order valence-corrected chi connectivity index (χ2v) is 7.02. The van der Waals surface area contributed by atoms with Crippen molar-refractivity contribution in [3.8, 4) is 11.5 Å². The van der Waals surface area contributed by atoms with Crippen molar-refractivity contribution in [2.45, 2.75) is 37.8 Å². The van der Waals surface area contributed by atoms with E-state index in [-0.39, 0.29) is 11.2 Å². The Balaban J connectivity index is 1.55. The molecular weight excluding hydrogens is 338 g/mol. The number of carbonyl (C=O) groups excluding carboxylic acids is 1. The van der Waals surface area contributed by atoms with Crippen LogP contribution in [0.1, 0.15) is 23.8 Å². The number of nitrogens with zero attached hydrogens (tertiary/aromatic N) is 2. The van der Waals surface area contributed by atoms with E-state index in [4.69, 9.17) is 8.83 Å². The summed E-state index contributed by atoms with van der Waals surface area (Å²) in [7, 11) is 0. The quantitative estimate of drug-likeness (QED) is 0.677. The number of rotatable bonds is 6. The Morgan fingerprint density at radius 1 is 1.20 bits per heavy atom. The molecule has 0 aliphatic carbocycles. The molecule has 1 amide bonds. The molecule has 0 spiro atoms. The lowest BCUT2D eigenvalue weighted by molar-refractivity contribution is -0.120. The molecule has 0 aliphatic heterocycles. The first-order chi connectivity index (χ1) is 12.0. The Hall–Kier alpha value is -2.54. The molecule has 130 valence electrons. The van der Waals surface area contributed by atoms with E-state index in [0.29, 0.717) is 23.4 Å². The van der Waals surface area contributed by atoms with E-state index in [2.05, 4.69) is 15.5 Å². The van der Waals surface area contributed by atoms with Gasteiger partial charge in [0.05, 0.1) is 17.1 Å². The molecule has 3 aromatic rings. The Kier molecular flexibility index (Phi) is 5.23. The highest BCUT2D eigenvalue weighted by Gasteiger charge is 2.19. The summed E-state index contributed by atoms with van der Waals surface area (Å²) in [4.78, 5) is 12.2. The van der Waals surface area contributed by atoms with E-state index in [9.17, 15) is 4.79 Å². The van der Waals surface area contributed by atoms with Crippen LogP contribution in [-0.2, 0) is 11.3 Å². The van der Waals surface area contributed by atoms with Gasteiger partial charge in [-0.25, -0.2) is 0 Å². The Bertz CT molecular complexity index is 855. The third-order valence-electron chi connectivity index (χ3n) is 3.73. The van der Waals surface area contributed by atoms with Gasteiger partial charge in [-0.15, -0.1) is 10.2 Å². The van der Waals surface area contributed by atoms with Gasteiger partial charge in [0, 0.05) is 6.54 Å². The minimum atomic E-state index is -0.343. The van der Waals surface area contributed by atoms with Gasteiger partial charge in [0.1, 0.15) is 5.76 Å². The van der Waals surface area contributed by atoms with Crippen LogP contribution in [0.5, 0.6) is 0 Å². The van der Waals surface area contributed by atoms with Crippen molar-refractivity contribution >= 4 is 17.7 Å². The number of furan rings is 1. The summed E-state index contributed by atoms with van der Waals surface area (Å²) < 4.78 is 10.8. The van der Waals surface area contributed by atoms with Crippen LogP contribution < -0.4 is 5.32 Å². The maximum atomic E-state index is 12.2. The average molecular weight is 357 g/mol. The lowest BCUT2D eigenvalue weighted by Crippen LogP contribution is -2.30. The van der Waals surface area contributed by atoms with Crippen LogP contribution in [0, 0.1) is 13.8 Å². The van der Waals surface area contributed by atoms with E-state index in [1.807, 2.05) is 45.0 Å². The minimum absolute atomic E-state index is 0.0789. The number of nitrogens with one attached hydrogen (secondary N) is 1. The number of aryl methyl sites for hydroxylation is 2. The summed E-state index contributed by atoms with van der Waals surface area (Å²) in [6.45, 7) is 6.16. The second kappa shape index (κ2) is 7.57. The molecule has 25 heavy (non-hydrogen) atoms. The van der Waals surface area contributed by atoms with Gasteiger partial charge in [-0.05, 0) is 32.4 Å². The normalized spacial score (nSPS) is 12.1. The second-order valence-electron chi connectivity index (χ2n) is 5.73. The number of aromatic nitrogens is 2. The topological polar surface area (TPSA) is 81.2 Å². The maximum absolute atomic E-state index is 12.2. The highest BCUT2D eigenvalue weighted by atomic mass is 32.2. The van der Waals surface area contributed by atoms with Gasteiger partial charge in [0.2, 0.25) is 5.91 Å². The van der Waals surface area contributed by atoms with Crippen LogP contribution in [0.2, 0.25) is 0 Å². The first-order valence-electron chi connectivity index (χ1n) is 7.91. The van der Waals surface area contributed by atoms with Crippen molar-refractivity contribution in [2.75, 3.05) is 0 Å². The summed E-state index contributed by atoms with van der Waals surface area (Å²) in [6, 6.07) is 9.83. The third kappa shape index (κ3) is 4.30. The Morgan fingerprint density at radius 2 is 1.96 bits per heavy atom. The van der Waals surface area contributed by atoms with Crippen molar-refractivity contribution in [3.05, 3.63) is 53.5 Å². The highest BCUT2D eigenvalue weighted by molar-refractivity contribution is 8.00. The molecule has 2 aromatic heterocycles. The SMILES string of the molecule is Cc1ccc(CNC(=O)[C@@H](C)Sc2nnc(-c3ccoc3C)o2)cc1. The molecule has 0 radical (unpaired) electrons. The number of hydrogen-bond acceptors (Lipinski definition) is 6. The van der Waals surface area contributed by atoms with E-state index < -0.39 is 0 Å². The molecule has 0 aliphatic rings. The van der Waals surface area contributed by atoms with E-state index in [1.54, 1.807) is 12.3 Å². The van der Waals surface area contributed by atoms with Crippen LogP contribution in [0.15, 0.2) is 50.7 Å². The molecule has 0 fully saturated rings. The van der Waals surface area contributed by atoms with E-state index >= 15 is 0 Å². The fourth-order valence-corrected chi connectivity index (χ4v) is 2.92. The molecule has 1 aromatic carbocycles. The Morgan fingerprint density at radius 3 is 2.64 bits per heavy atom. The van der Waals surface area contributed by atoms with Crippen LogP contribution in [0.3, 0.4) is 0 Å². The van der Waals surface area contributed by atoms with Crippen LogP contribution >= 0.6 is 11.8 Å². The zero-order valence-corrected chi connectivity index (χ0v) is 15.1. The highest BCUT2D eigenvalue weighted by Crippen LogP contribution is 2.28. The largest absolute Gasteiger partial charge is 0.469 e. The summed E-state index contributed by atoms with van der Waals surface area (Å²) >= 11 is 1.23. The lowest BCUT2D eigenvalue weighted by Gasteiger charge is -2.10. The molecule has 7 heteroatoms. The first kappa shape index (κ1) is 17.3. The summed E-state index contributed by atoms with van der Waals surface area (Å²) in [6.07, 6.45) is 1.57. The average Bonchev–Trinajstić information content (AvgIpc) is 3.22. The number of amides is 1. The van der Waals surface area contributed by atoms with Crippen LogP contribution in [-0.4, -0.2) is 21.4 Å². The molecule has 0 bridgehead atoms. The van der Waals surface area contributed by atoms with Gasteiger partial charge in [-0.1, -0.05) is 41.6 Å². The van der Waals surface area contributed by atoms with Gasteiger partial charge in [-0.3, -0.25) is 4.79 Å². The molecule has 3 rings (SSSR count). The zero-order chi connectivity index (χ0) is 17.8. The molecule has 1 atom stereocenters. The summed E-state index contributed by atoms with van der Waals surface area (Å²) in [5.74, 6) is 1.02. The molecular formula is C18H19N3O3S. The molecule has 0 saturated carbocycles. The van der Waals surface area contributed by atoms with E-state index in [1.165, 1.54) is 17.3 Å². The first-order valence-corrected chi connectivity index (χ1v) is 8.79. The monoisotopic (exact) mass is 357 g/mol. The fraction of sp³-hybridized carbons (Fsp3) is 0.278. The number of carbonyl (C=O) groups is 1. The Labute approximate surface area is 150 Å². The van der Waals surface area contributed by atoms with Crippen LogP contribution in [0.4, 0.5) is 0 Å². The smallest absolute Gasteiger partial charge is 0.277 e. The summed E-state index contributed by atoms with van der Waals surface area (Å²) in [5.41, 5.74) is 3.02. The molecule has 1 N–H and O–H groups in total. The summed E-state index contributed by atoms with van der Waals surface area (Å²) in [5, 5.41) is 10.9. The maximum Gasteiger partial charge on any atom is 0.277 e. The van der Waals surface area contributed by atoms with E-state index in [0.717, 1.165) is 11.1 Å². The third-order valence-corrected chi connectivity index (χ3v) is 4.66. The predicted molar refractivity (Wildman–Crippen MR) is 95.1 cm³/mol. The predicted octanol–water partition coefficient (Wildman–Crippen LogP) is 3.74. The van der Waals surface area contributed by atoms with Gasteiger partial charge < -0.3 is 14.2 Å². The van der Waals surface area contributed by atoms with Gasteiger partial charge >= 0.3 is 0 Å². The standard InChI is InChI=1S/C18H19N3O3S/c1-11-4-6-14(7-5-11)10-19-16(22)13(3)25-18-21-20-17(24-18)15-8-9-23-12(15)2/h4-9,13H,10H2,1-3H3,(H,19,22)/t13-/m1/s1. The number of benzene rings is 1. The molecule has 0 unspecified atom stereocenters. The van der Waals surface area contributed by atoms with Crippen molar-refractivity contribution in [1.29, 1.82) is 0 Å². The van der Waals surface area contributed by atoms with Gasteiger partial charge in [0.15, 0.2) is 0 Å². The van der Waals surface area contributed by atoms with Crippen molar-refractivity contribution in [2.24, 2.45) is 0 Å². The van der Waals surface area contributed by atoms with Gasteiger partial charge in [-0.2, -0.15) is 0 Å². The van der Waals surface area contributed by atoms with Crippen molar-refractivity contribution < 1.29 is 13.6 Å². The molecule has 6 nitrogen and oxygen atoms in total. The number of thioether (sulfide) groups is 1. The zero-order valence-electron chi connectivity index (χ0n) is 14.3. The van der Waals surface area contributed by atoms with Crippen LogP contribution in [0.25, 0.3) is 11.5 Å². The fourth-order valence-electron chi connectivity index (χ4n) is 2.22. The minimum Gasteiger partial charge on any atom is -0.469 e.